The van der Waals surface area contributed by atoms with Crippen molar-refractivity contribution in [2.24, 2.45) is 5.41 Å². The van der Waals surface area contributed by atoms with Crippen LogP contribution >= 0.6 is 0 Å². The molecule has 0 heterocycles. The molecule has 0 unspecified atom stereocenters. The van der Waals surface area contributed by atoms with Gasteiger partial charge in [-0.1, -0.05) is 13.8 Å². The van der Waals surface area contributed by atoms with Crippen molar-refractivity contribution < 1.29 is 15.0 Å². The minimum absolute atomic E-state index is 0.0253. The summed E-state index contributed by atoms with van der Waals surface area (Å²) in [5, 5.41) is 19.4. The van der Waals surface area contributed by atoms with Crippen LogP contribution in [-0.2, 0) is 12.8 Å². The maximum Gasteiger partial charge on any atom is 0.169 e. The van der Waals surface area contributed by atoms with Crippen LogP contribution in [0.15, 0.2) is 0 Å². The Kier molecular flexibility index (Phi) is 2.98. The van der Waals surface area contributed by atoms with E-state index in [0.717, 1.165) is 22.3 Å². The molecule has 0 aromatic heterocycles. The summed E-state index contributed by atoms with van der Waals surface area (Å²) in [6.07, 6.45) is 1.07. The second-order valence-electron chi connectivity index (χ2n) is 5.79. The smallest absolute Gasteiger partial charge is 0.169 e. The fourth-order valence-corrected chi connectivity index (χ4v) is 2.97. The van der Waals surface area contributed by atoms with Gasteiger partial charge >= 0.3 is 0 Å². The standard InChI is InChI=1S/C15H20O3/c1-8-10(5-6-16)9(2)13(17)11-7-15(3,4)14(18)12(8)11/h16-17H,5-7H2,1-4H3. The summed E-state index contributed by atoms with van der Waals surface area (Å²) in [6.45, 7) is 7.61. The lowest BCUT2D eigenvalue weighted by Gasteiger charge is -2.15. The largest absolute Gasteiger partial charge is 0.507 e. The number of aliphatic hydroxyl groups excluding tert-OH is 1. The van der Waals surface area contributed by atoms with E-state index in [9.17, 15) is 9.90 Å². The number of ketones is 1. The van der Waals surface area contributed by atoms with Crippen LogP contribution < -0.4 is 0 Å². The average Bonchev–Trinajstić information content (AvgIpc) is 2.54. The molecule has 0 bridgehead atoms. The van der Waals surface area contributed by atoms with Gasteiger partial charge in [0.25, 0.3) is 0 Å². The maximum atomic E-state index is 12.4. The van der Waals surface area contributed by atoms with E-state index in [1.165, 1.54) is 0 Å². The van der Waals surface area contributed by atoms with Crippen molar-refractivity contribution in [2.45, 2.75) is 40.5 Å². The number of Topliss-reactive ketones (excluding diaryl/α,β-unsaturated/α-hetero) is 1. The summed E-state index contributed by atoms with van der Waals surface area (Å²) in [5.74, 6) is 0.336. The van der Waals surface area contributed by atoms with Crippen molar-refractivity contribution >= 4 is 5.78 Å². The number of hydrogen-bond donors (Lipinski definition) is 2. The van der Waals surface area contributed by atoms with Crippen LogP contribution in [0.3, 0.4) is 0 Å². The van der Waals surface area contributed by atoms with Crippen LogP contribution in [0.4, 0.5) is 0 Å². The molecule has 0 atom stereocenters. The lowest BCUT2D eigenvalue weighted by molar-refractivity contribution is 0.0863. The molecule has 1 aliphatic carbocycles. The van der Waals surface area contributed by atoms with Crippen LogP contribution in [0.1, 0.15) is 46.5 Å². The molecule has 2 N–H and O–H groups in total. The van der Waals surface area contributed by atoms with Crippen molar-refractivity contribution in [3.05, 3.63) is 27.8 Å². The minimum Gasteiger partial charge on any atom is -0.507 e. The molecule has 98 valence electrons. The Balaban J connectivity index is 2.73. The lowest BCUT2D eigenvalue weighted by Crippen LogP contribution is -2.19. The van der Waals surface area contributed by atoms with Gasteiger partial charge in [0.15, 0.2) is 5.78 Å². The molecule has 1 aromatic rings. The van der Waals surface area contributed by atoms with Crippen molar-refractivity contribution in [1.82, 2.24) is 0 Å². The third-order valence-corrected chi connectivity index (χ3v) is 4.05. The van der Waals surface area contributed by atoms with Crippen molar-refractivity contribution in [3.63, 3.8) is 0 Å². The number of carbonyl (C=O) groups excluding carboxylic acids is 1. The Morgan fingerprint density at radius 1 is 1.22 bits per heavy atom. The summed E-state index contributed by atoms with van der Waals surface area (Å²) in [5.41, 5.74) is 3.64. The van der Waals surface area contributed by atoms with E-state index in [0.29, 0.717) is 18.4 Å². The number of aromatic hydroxyl groups is 1. The van der Waals surface area contributed by atoms with Gasteiger partial charge in [0.2, 0.25) is 0 Å². The molecule has 2 rings (SSSR count). The number of phenolic OH excluding ortho intramolecular Hbond substituents is 1. The second-order valence-corrected chi connectivity index (χ2v) is 5.79. The monoisotopic (exact) mass is 248 g/mol. The molecule has 3 heteroatoms. The average molecular weight is 248 g/mol. The first kappa shape index (κ1) is 13.1. The van der Waals surface area contributed by atoms with Crippen molar-refractivity contribution in [1.29, 1.82) is 0 Å². The van der Waals surface area contributed by atoms with Crippen molar-refractivity contribution in [2.75, 3.05) is 6.61 Å². The predicted octanol–water partition coefficient (Wildman–Crippen LogP) is 2.31. The molecule has 0 radical (unpaired) electrons. The zero-order valence-electron chi connectivity index (χ0n) is 11.4. The molecule has 18 heavy (non-hydrogen) atoms. The van der Waals surface area contributed by atoms with E-state index in [2.05, 4.69) is 0 Å². The normalized spacial score (nSPS) is 17.1. The zero-order chi connectivity index (χ0) is 13.7. The molecule has 0 amide bonds. The minimum atomic E-state index is -0.436. The first-order valence-electron chi connectivity index (χ1n) is 6.30. The molecular weight excluding hydrogens is 228 g/mol. The molecule has 0 fully saturated rings. The fraction of sp³-hybridized carbons (Fsp3) is 0.533. The quantitative estimate of drug-likeness (QED) is 0.844. The number of phenols is 1. The highest BCUT2D eigenvalue weighted by Crippen LogP contribution is 2.44. The maximum absolute atomic E-state index is 12.4. The third kappa shape index (κ3) is 1.65. The number of aliphatic hydroxyl groups is 1. The molecule has 0 saturated heterocycles. The fourth-order valence-electron chi connectivity index (χ4n) is 2.97. The highest BCUT2D eigenvalue weighted by atomic mass is 16.3. The number of hydrogen-bond acceptors (Lipinski definition) is 3. The molecule has 1 aliphatic rings. The van der Waals surface area contributed by atoms with Crippen LogP contribution in [0.25, 0.3) is 0 Å². The predicted molar refractivity (Wildman–Crippen MR) is 70.2 cm³/mol. The molecule has 0 spiro atoms. The molecular formula is C15H20O3. The highest BCUT2D eigenvalue weighted by Gasteiger charge is 2.41. The molecule has 0 aliphatic heterocycles. The summed E-state index contributed by atoms with van der Waals surface area (Å²) < 4.78 is 0. The van der Waals surface area contributed by atoms with Gasteiger partial charge in [-0.15, -0.1) is 0 Å². The number of benzene rings is 1. The molecule has 3 nitrogen and oxygen atoms in total. The van der Waals surface area contributed by atoms with Gasteiger partial charge in [-0.05, 0) is 43.4 Å². The first-order valence-corrected chi connectivity index (χ1v) is 6.30. The van der Waals surface area contributed by atoms with Crippen LogP contribution in [0.5, 0.6) is 5.75 Å². The van der Waals surface area contributed by atoms with E-state index in [4.69, 9.17) is 5.11 Å². The van der Waals surface area contributed by atoms with Gasteiger partial charge in [-0.25, -0.2) is 0 Å². The van der Waals surface area contributed by atoms with Crippen LogP contribution in [0, 0.1) is 19.3 Å². The topological polar surface area (TPSA) is 57.5 Å². The summed E-state index contributed by atoms with van der Waals surface area (Å²) in [7, 11) is 0. The summed E-state index contributed by atoms with van der Waals surface area (Å²) >= 11 is 0. The summed E-state index contributed by atoms with van der Waals surface area (Å²) in [4.78, 5) is 12.4. The SMILES string of the molecule is Cc1c(O)c2c(c(C)c1CCO)C(=O)C(C)(C)C2. The van der Waals surface area contributed by atoms with Crippen LogP contribution in [-0.4, -0.2) is 22.6 Å². The van der Waals surface area contributed by atoms with Gasteiger partial charge in [0, 0.05) is 23.1 Å². The van der Waals surface area contributed by atoms with Gasteiger partial charge in [0.1, 0.15) is 5.75 Å². The third-order valence-electron chi connectivity index (χ3n) is 4.05. The molecule has 1 aromatic carbocycles. The Morgan fingerprint density at radius 2 is 1.83 bits per heavy atom. The molecule has 0 saturated carbocycles. The summed E-state index contributed by atoms with van der Waals surface area (Å²) in [6, 6.07) is 0. The van der Waals surface area contributed by atoms with E-state index in [-0.39, 0.29) is 18.1 Å². The van der Waals surface area contributed by atoms with Gasteiger partial charge in [0.05, 0.1) is 0 Å². The van der Waals surface area contributed by atoms with Gasteiger partial charge in [-0.3, -0.25) is 4.79 Å². The number of rotatable bonds is 2. The first-order chi connectivity index (χ1) is 8.31. The Labute approximate surface area is 107 Å². The van der Waals surface area contributed by atoms with Crippen molar-refractivity contribution in [3.8, 4) is 5.75 Å². The Bertz CT molecular complexity index is 527. The number of fused-ring (bicyclic) bond motifs is 1. The van der Waals surface area contributed by atoms with Gasteiger partial charge < -0.3 is 10.2 Å². The number of carbonyl (C=O) groups is 1. The Hall–Kier alpha value is -1.35. The van der Waals surface area contributed by atoms with E-state index < -0.39 is 5.41 Å². The van der Waals surface area contributed by atoms with E-state index in [1.807, 2.05) is 27.7 Å². The van der Waals surface area contributed by atoms with E-state index >= 15 is 0 Å². The lowest BCUT2D eigenvalue weighted by atomic mass is 9.88. The Morgan fingerprint density at radius 3 is 2.39 bits per heavy atom. The van der Waals surface area contributed by atoms with Crippen LogP contribution in [0.2, 0.25) is 0 Å². The van der Waals surface area contributed by atoms with Gasteiger partial charge in [-0.2, -0.15) is 0 Å². The second kappa shape index (κ2) is 4.09. The van der Waals surface area contributed by atoms with E-state index in [1.54, 1.807) is 0 Å². The zero-order valence-corrected chi connectivity index (χ0v) is 11.4. The highest BCUT2D eigenvalue weighted by molar-refractivity contribution is 6.06.